The first-order valence-electron chi connectivity index (χ1n) is 9.12. The first-order valence-corrected chi connectivity index (χ1v) is 10.7. The fourth-order valence-corrected chi connectivity index (χ4v) is 6.42. The molecule has 0 aromatic heterocycles. The van der Waals surface area contributed by atoms with Gasteiger partial charge in [0.2, 0.25) is 0 Å². The Morgan fingerprint density at radius 1 is 1.11 bits per heavy atom. The van der Waals surface area contributed by atoms with E-state index in [1.165, 1.54) is 0 Å². The molecule has 4 fully saturated rings. The van der Waals surface area contributed by atoms with Gasteiger partial charge in [0.1, 0.15) is 5.75 Å². The van der Waals surface area contributed by atoms with Crippen molar-refractivity contribution in [2.24, 2.45) is 23.2 Å². The highest BCUT2D eigenvalue weighted by Gasteiger charge is 2.66. The summed E-state index contributed by atoms with van der Waals surface area (Å²) in [5.41, 5.74) is -4.32. The number of ether oxygens (including phenoxy) is 1. The average Bonchev–Trinajstić information content (AvgIpc) is 2.47. The average molecular weight is 410 g/mol. The SMILES string of the molecule is CCC(OC(=O)C12CC3CC(CC(C3)C1)C2)(C(=O)O)C(F)(F)CS(=O)(=O)O. The van der Waals surface area contributed by atoms with Gasteiger partial charge in [0.15, 0.2) is 0 Å². The fourth-order valence-electron chi connectivity index (χ4n) is 5.73. The van der Waals surface area contributed by atoms with Crippen molar-refractivity contribution in [3.63, 3.8) is 0 Å². The number of carboxylic acids is 1. The molecule has 0 aromatic carbocycles. The zero-order valence-electron chi connectivity index (χ0n) is 15.0. The molecule has 4 aliphatic carbocycles. The van der Waals surface area contributed by atoms with E-state index in [9.17, 15) is 31.9 Å². The standard InChI is InChI=1S/C17H24F2O7S/c1-2-16(13(20)21,17(18,19)9-27(23,24)25)26-14(22)15-6-10-3-11(7-15)5-12(4-10)8-15/h10-12H,2-9H2,1H3,(H,20,21)(H,23,24,25). The van der Waals surface area contributed by atoms with Crippen molar-refractivity contribution >= 4 is 22.1 Å². The molecule has 4 rings (SSSR count). The third-order valence-electron chi connectivity index (χ3n) is 6.54. The zero-order valence-corrected chi connectivity index (χ0v) is 15.8. The second-order valence-corrected chi connectivity index (χ2v) is 9.96. The molecule has 1 unspecified atom stereocenters. The van der Waals surface area contributed by atoms with Crippen LogP contribution < -0.4 is 0 Å². The molecule has 4 aliphatic rings. The number of esters is 1. The van der Waals surface area contributed by atoms with Crippen molar-refractivity contribution < 1.29 is 41.2 Å². The van der Waals surface area contributed by atoms with Crippen molar-refractivity contribution in [1.82, 2.24) is 0 Å². The highest BCUT2D eigenvalue weighted by Crippen LogP contribution is 2.61. The largest absolute Gasteiger partial charge is 0.478 e. The van der Waals surface area contributed by atoms with Crippen LogP contribution in [0.2, 0.25) is 0 Å². The first-order chi connectivity index (χ1) is 12.3. The van der Waals surface area contributed by atoms with Gasteiger partial charge in [-0.25, -0.2) is 13.6 Å². The maximum absolute atomic E-state index is 14.6. The first kappa shape index (κ1) is 20.4. The van der Waals surface area contributed by atoms with E-state index in [0.29, 0.717) is 37.0 Å². The van der Waals surface area contributed by atoms with Crippen LogP contribution in [0.5, 0.6) is 0 Å². The lowest BCUT2D eigenvalue weighted by molar-refractivity contribution is -0.231. The summed E-state index contributed by atoms with van der Waals surface area (Å²) < 4.78 is 65.0. The summed E-state index contributed by atoms with van der Waals surface area (Å²) in [5.74, 6) is -8.81. The second-order valence-electron chi connectivity index (χ2n) is 8.50. The van der Waals surface area contributed by atoms with Crippen LogP contribution in [-0.2, 0) is 24.4 Å². The topological polar surface area (TPSA) is 118 Å². The van der Waals surface area contributed by atoms with E-state index >= 15 is 0 Å². The third-order valence-corrected chi connectivity index (χ3v) is 7.26. The van der Waals surface area contributed by atoms with E-state index < -0.39 is 51.2 Å². The summed E-state index contributed by atoms with van der Waals surface area (Å²) >= 11 is 0. The Labute approximate surface area is 156 Å². The molecule has 0 spiro atoms. The van der Waals surface area contributed by atoms with Crippen LogP contribution in [0.1, 0.15) is 51.9 Å². The lowest BCUT2D eigenvalue weighted by atomic mass is 9.49. The number of hydrogen-bond acceptors (Lipinski definition) is 5. The lowest BCUT2D eigenvalue weighted by Crippen LogP contribution is -2.62. The van der Waals surface area contributed by atoms with E-state index in [0.717, 1.165) is 26.2 Å². The van der Waals surface area contributed by atoms with Crippen molar-refractivity contribution in [3.05, 3.63) is 0 Å². The smallest absolute Gasteiger partial charge is 0.354 e. The van der Waals surface area contributed by atoms with Crippen LogP contribution in [0, 0.1) is 23.2 Å². The maximum Gasteiger partial charge on any atom is 0.354 e. The molecule has 27 heavy (non-hydrogen) atoms. The van der Waals surface area contributed by atoms with Crippen LogP contribution in [0.25, 0.3) is 0 Å². The van der Waals surface area contributed by atoms with Gasteiger partial charge in [0.25, 0.3) is 15.7 Å². The zero-order chi connectivity index (χ0) is 20.3. The van der Waals surface area contributed by atoms with Crippen LogP contribution in [-0.4, -0.2) is 47.3 Å². The minimum absolute atomic E-state index is 0.308. The third kappa shape index (κ3) is 3.46. The number of alkyl halides is 2. The summed E-state index contributed by atoms with van der Waals surface area (Å²) in [5, 5.41) is 9.45. The van der Waals surface area contributed by atoms with E-state index in [1.807, 2.05) is 0 Å². The Morgan fingerprint density at radius 3 is 1.89 bits per heavy atom. The number of rotatable bonds is 7. The molecular formula is C17H24F2O7S. The number of halogens is 2. The molecule has 2 N–H and O–H groups in total. The Bertz CT molecular complexity index is 713. The maximum atomic E-state index is 14.6. The molecule has 0 radical (unpaired) electrons. The van der Waals surface area contributed by atoms with Gasteiger partial charge in [0, 0.05) is 6.42 Å². The predicted octanol–water partition coefficient (Wildman–Crippen LogP) is 2.50. The van der Waals surface area contributed by atoms with Crippen molar-refractivity contribution in [3.8, 4) is 0 Å². The van der Waals surface area contributed by atoms with Gasteiger partial charge in [0.05, 0.1) is 5.41 Å². The fraction of sp³-hybridized carbons (Fsp3) is 0.882. The summed E-state index contributed by atoms with van der Waals surface area (Å²) in [4.78, 5) is 24.7. The molecule has 7 nitrogen and oxygen atoms in total. The van der Waals surface area contributed by atoms with Crippen LogP contribution >= 0.6 is 0 Å². The van der Waals surface area contributed by atoms with E-state index in [-0.39, 0.29) is 0 Å². The molecule has 4 saturated carbocycles. The van der Waals surface area contributed by atoms with Crippen LogP contribution in [0.4, 0.5) is 8.78 Å². The van der Waals surface area contributed by atoms with Crippen molar-refractivity contribution in [2.75, 3.05) is 5.75 Å². The highest BCUT2D eigenvalue weighted by molar-refractivity contribution is 7.85. The predicted molar refractivity (Wildman–Crippen MR) is 88.7 cm³/mol. The van der Waals surface area contributed by atoms with Crippen LogP contribution in [0.15, 0.2) is 0 Å². The monoisotopic (exact) mass is 410 g/mol. The number of carbonyl (C=O) groups is 2. The quantitative estimate of drug-likeness (QED) is 0.489. The van der Waals surface area contributed by atoms with Gasteiger partial charge < -0.3 is 9.84 Å². The number of carbonyl (C=O) groups excluding carboxylic acids is 1. The summed E-state index contributed by atoms with van der Waals surface area (Å²) in [6.45, 7) is 1.08. The van der Waals surface area contributed by atoms with E-state index in [1.54, 1.807) is 0 Å². The summed E-state index contributed by atoms with van der Waals surface area (Å²) in [6.07, 6.45) is 3.60. The Kier molecular flexibility index (Phi) is 4.82. The number of carboxylic acid groups (broad SMARTS) is 1. The Hall–Kier alpha value is -1.29. The van der Waals surface area contributed by atoms with Gasteiger partial charge in [-0.15, -0.1) is 0 Å². The molecule has 0 amide bonds. The van der Waals surface area contributed by atoms with Gasteiger partial charge in [-0.3, -0.25) is 9.35 Å². The molecule has 0 saturated heterocycles. The molecule has 0 heterocycles. The van der Waals surface area contributed by atoms with Crippen molar-refractivity contribution in [1.29, 1.82) is 0 Å². The van der Waals surface area contributed by atoms with Crippen molar-refractivity contribution in [2.45, 2.75) is 63.4 Å². The summed E-state index contributed by atoms with van der Waals surface area (Å²) in [6, 6.07) is 0. The van der Waals surface area contributed by atoms with Gasteiger partial charge in [-0.05, 0) is 56.3 Å². The number of aliphatic carboxylic acids is 1. The molecule has 1 atom stereocenters. The second kappa shape index (κ2) is 6.37. The Balaban J connectivity index is 1.91. The molecule has 0 aromatic rings. The highest BCUT2D eigenvalue weighted by atomic mass is 32.2. The molecular weight excluding hydrogens is 386 g/mol. The molecule has 0 aliphatic heterocycles. The van der Waals surface area contributed by atoms with Gasteiger partial charge in [-0.1, -0.05) is 6.92 Å². The van der Waals surface area contributed by atoms with Crippen LogP contribution in [0.3, 0.4) is 0 Å². The van der Waals surface area contributed by atoms with Gasteiger partial charge >= 0.3 is 17.9 Å². The minimum Gasteiger partial charge on any atom is -0.478 e. The van der Waals surface area contributed by atoms with Gasteiger partial charge in [-0.2, -0.15) is 8.42 Å². The minimum atomic E-state index is -5.19. The molecule has 4 bridgehead atoms. The normalized spacial score (nSPS) is 34.9. The Morgan fingerprint density at radius 2 is 1.56 bits per heavy atom. The summed E-state index contributed by atoms with van der Waals surface area (Å²) in [7, 11) is -5.19. The lowest BCUT2D eigenvalue weighted by Gasteiger charge is -2.55. The van der Waals surface area contributed by atoms with E-state index in [2.05, 4.69) is 0 Å². The molecule has 10 heteroatoms. The molecule has 154 valence electrons. The van der Waals surface area contributed by atoms with E-state index in [4.69, 9.17) is 9.29 Å². The number of hydrogen-bond donors (Lipinski definition) is 2.